The van der Waals surface area contributed by atoms with Crippen molar-refractivity contribution >= 4 is 31.5 Å². The molecule has 0 saturated heterocycles. The molecule has 6 aromatic carbocycles. The number of nitrogens with zero attached hydrogens (tertiary/aromatic N) is 1. The van der Waals surface area contributed by atoms with Gasteiger partial charge in [0.05, 0.1) is 0 Å². The first-order chi connectivity index (χ1) is 26.2. The molecule has 2 aromatic heterocycles. The van der Waals surface area contributed by atoms with Gasteiger partial charge in [-0.2, -0.15) is 71.8 Å². The molecule has 0 radical (unpaired) electrons. The molecule has 3 nitrogen and oxygen atoms in total. The molecule has 8 rings (SSSR count). The maximum Gasteiger partial charge on any atom is 3.00 e. The molecule has 264 valence electrons. The van der Waals surface area contributed by atoms with Crippen LogP contribution in [0.25, 0.3) is 42.6 Å². The number of pyridine rings is 1. The Bertz CT molecular complexity index is 2370. The Kier molecular flexibility index (Phi) is 15.1. The van der Waals surface area contributed by atoms with E-state index in [9.17, 15) is 0 Å². The largest absolute Gasteiger partial charge is 3.00 e. The molecule has 0 N–H and O–H groups in total. The first kappa shape index (κ1) is 40.0. The summed E-state index contributed by atoms with van der Waals surface area (Å²) in [6.07, 6.45) is 8.01. The summed E-state index contributed by atoms with van der Waals surface area (Å²) in [5.74, 6) is 0. The molecule has 0 aliphatic rings. The number of aromatic nitrogens is 1. The molecule has 8 aromatic rings. The Morgan fingerprint density at radius 3 is 1.63 bits per heavy atom. The van der Waals surface area contributed by atoms with Crippen LogP contribution in [-0.2, 0) is 67.9 Å². The molecule has 0 amide bonds. The topological polar surface area (TPSA) is 52.7 Å². The van der Waals surface area contributed by atoms with Gasteiger partial charge in [-0.3, -0.25) is 0 Å². The van der Waals surface area contributed by atoms with Crippen LogP contribution in [0.4, 0.5) is 0 Å². The molecule has 54 heavy (non-hydrogen) atoms. The summed E-state index contributed by atoms with van der Waals surface area (Å²) in [5.41, 5.74) is 12.6. The molecule has 0 bridgehead atoms. The monoisotopic (exact) mass is 895 g/mol. The van der Waals surface area contributed by atoms with Crippen LogP contribution in [0, 0.1) is 31.5 Å². The van der Waals surface area contributed by atoms with Gasteiger partial charge in [0.1, 0.15) is 0 Å². The third-order valence-electron chi connectivity index (χ3n) is 9.39. The zero-order valence-electron chi connectivity index (χ0n) is 29.6. The second kappa shape index (κ2) is 20.3. The van der Waals surface area contributed by atoms with E-state index in [-0.39, 0.29) is 20.1 Å². The van der Waals surface area contributed by atoms with Crippen LogP contribution < -0.4 is 0 Å². The van der Waals surface area contributed by atoms with Crippen LogP contribution in [0.3, 0.4) is 0 Å². The molecule has 2 heterocycles. The molecule has 0 aliphatic carbocycles. The first-order valence-electron chi connectivity index (χ1n) is 17.5. The van der Waals surface area contributed by atoms with Crippen molar-refractivity contribution in [1.82, 2.24) is 4.98 Å². The summed E-state index contributed by atoms with van der Waals surface area (Å²) in [4.78, 5) is 4.72. The molecule has 0 unspecified atom stereocenters. The number of rotatable bonds is 11. The summed E-state index contributed by atoms with van der Waals surface area (Å²) in [6.45, 7) is 9.00. The minimum atomic E-state index is 0. The Morgan fingerprint density at radius 1 is 0.500 bits per heavy atom. The molecule has 0 aliphatic heterocycles. The predicted octanol–water partition coefficient (Wildman–Crippen LogP) is 11.5. The van der Waals surface area contributed by atoms with E-state index in [0.29, 0.717) is 0 Å². The minimum absolute atomic E-state index is 0. The maximum absolute atomic E-state index is 7.50. The maximum atomic E-state index is 7.50. The van der Waals surface area contributed by atoms with Crippen molar-refractivity contribution in [2.45, 2.75) is 38.5 Å². The predicted molar refractivity (Wildman–Crippen MR) is 214 cm³/mol. The third kappa shape index (κ3) is 10.3. The van der Waals surface area contributed by atoms with Gasteiger partial charge in [0.2, 0.25) is 0 Å². The van der Waals surface area contributed by atoms with Crippen molar-refractivity contribution in [3.63, 3.8) is 0 Å². The van der Waals surface area contributed by atoms with E-state index in [1.807, 2.05) is 29.7 Å². The molecule has 0 fully saturated rings. The Hall–Kier alpha value is -5.18. The van der Waals surface area contributed by atoms with Gasteiger partial charge in [-0.15, -0.1) is 46.7 Å². The first-order valence-corrected chi connectivity index (χ1v) is 18.4. The van der Waals surface area contributed by atoms with Crippen LogP contribution in [-0.4, -0.2) is 4.98 Å². The van der Waals surface area contributed by atoms with Crippen LogP contribution in [0.15, 0.2) is 146 Å². The van der Waals surface area contributed by atoms with Crippen molar-refractivity contribution in [3.05, 3.63) is 211 Å². The zero-order chi connectivity index (χ0) is 36.8. The average molecular weight is 895 g/mol. The van der Waals surface area contributed by atoms with Gasteiger partial charge in [-0.25, -0.2) is 0 Å². The van der Waals surface area contributed by atoms with E-state index in [2.05, 4.69) is 159 Å². The number of fused-ring (bicyclic) bond motifs is 3. The van der Waals surface area contributed by atoms with Crippen molar-refractivity contribution in [3.8, 4) is 22.4 Å². The third-order valence-corrected chi connectivity index (χ3v) is 10.5. The van der Waals surface area contributed by atoms with Crippen molar-refractivity contribution < 1.29 is 29.4 Å². The van der Waals surface area contributed by atoms with Crippen molar-refractivity contribution in [2.24, 2.45) is 0 Å². The van der Waals surface area contributed by atoms with E-state index in [0.717, 1.165) is 49.8 Å². The summed E-state index contributed by atoms with van der Waals surface area (Å²) in [5, 5.41) is 2.65. The summed E-state index contributed by atoms with van der Waals surface area (Å²) in [6, 6.07) is 60.2. The van der Waals surface area contributed by atoms with Gasteiger partial charge >= 0.3 is 42.7 Å². The van der Waals surface area contributed by atoms with Crippen LogP contribution in [0.2, 0.25) is 0 Å². The van der Waals surface area contributed by atoms with Crippen LogP contribution >= 0.6 is 11.3 Å². The summed E-state index contributed by atoms with van der Waals surface area (Å²) >= 11 is 1.86. The Morgan fingerprint density at radius 2 is 1.06 bits per heavy atom. The van der Waals surface area contributed by atoms with E-state index in [1.54, 1.807) is 0 Å². The summed E-state index contributed by atoms with van der Waals surface area (Å²) < 4.78 is 17.6. The van der Waals surface area contributed by atoms with Gasteiger partial charge in [0.15, 0.2) is 0 Å². The molecule has 0 spiro atoms. The fourth-order valence-corrected chi connectivity index (χ4v) is 7.89. The van der Waals surface area contributed by atoms with E-state index in [1.165, 1.54) is 64.7 Å². The van der Waals surface area contributed by atoms with E-state index < -0.39 is 0 Å². The van der Waals surface area contributed by atoms with E-state index >= 15 is 0 Å². The Labute approximate surface area is 335 Å². The van der Waals surface area contributed by atoms with Gasteiger partial charge in [-0.05, 0) is 71.0 Å². The van der Waals surface area contributed by atoms with Gasteiger partial charge in [-0.1, -0.05) is 73.9 Å². The SMILES string of the molecule is [C-]#[O+].[C-]#[O+].[Ir+3].[c-]1cccc(CCc2cc(CCc3c[c-]ccc3)cc(CCc3c[c-]c(-c4cc(-c5ccc6c(c5)sc5ccccc56)ccn4)cc3)c2)c1. The van der Waals surface area contributed by atoms with Crippen LogP contribution in [0.1, 0.15) is 33.4 Å². The summed E-state index contributed by atoms with van der Waals surface area (Å²) in [7, 11) is 0. The number of thiophene rings is 1. The second-order valence-corrected chi connectivity index (χ2v) is 13.9. The standard InChI is InChI=1S/C47H36NS.2CO.Ir/c1-3-9-34(10-4-1)15-18-37-29-38(19-16-35-11-5-2-6-12-35)31-39(30-37)20-17-36-21-23-40(24-22-36)45-32-42(27-28-48-45)41-25-26-44-43-13-7-8-14-46(43)49-47(44)33-41;2*1-2;/h1-3,5,7-14,21-23,25-33H,15-20H2;;;/q-3;;;+3. The van der Waals surface area contributed by atoms with Crippen LogP contribution in [0.5, 0.6) is 0 Å². The molecule has 0 saturated carbocycles. The van der Waals surface area contributed by atoms with E-state index in [4.69, 9.17) is 14.3 Å². The van der Waals surface area contributed by atoms with Gasteiger partial charge in [0, 0.05) is 26.4 Å². The molecular formula is C49H36IrNO2S. The van der Waals surface area contributed by atoms with Gasteiger partial charge < -0.3 is 4.98 Å². The number of aryl methyl sites for hydroxylation is 6. The van der Waals surface area contributed by atoms with Crippen molar-refractivity contribution in [1.29, 1.82) is 0 Å². The number of benzene rings is 6. The average Bonchev–Trinajstić information content (AvgIpc) is 3.62. The second-order valence-electron chi connectivity index (χ2n) is 12.8. The molecular weight excluding hydrogens is 859 g/mol. The minimum Gasteiger partial charge on any atom is -0.305 e. The fraction of sp³-hybridized carbons (Fsp3) is 0.122. The van der Waals surface area contributed by atoms with Crippen molar-refractivity contribution in [2.75, 3.05) is 0 Å². The number of hydrogen-bond acceptors (Lipinski definition) is 2. The fourth-order valence-electron chi connectivity index (χ4n) is 6.75. The quantitative estimate of drug-likeness (QED) is 0.0943. The molecule has 5 heteroatoms. The number of hydrogen-bond donors (Lipinski definition) is 0. The molecule has 0 atom stereocenters. The smallest absolute Gasteiger partial charge is 0.305 e. The van der Waals surface area contributed by atoms with Gasteiger partial charge in [0.25, 0.3) is 0 Å². The zero-order valence-corrected chi connectivity index (χ0v) is 32.8. The normalized spacial score (nSPS) is 10.4. The Balaban J connectivity index is 0.00000109.